The summed E-state index contributed by atoms with van der Waals surface area (Å²) >= 11 is 12.1. The van der Waals surface area contributed by atoms with Gasteiger partial charge in [-0.15, -0.1) is 0 Å². The van der Waals surface area contributed by atoms with Crippen molar-refractivity contribution in [3.8, 4) is 11.5 Å². The van der Waals surface area contributed by atoms with E-state index in [9.17, 15) is 9.59 Å². The van der Waals surface area contributed by atoms with Crippen molar-refractivity contribution in [2.24, 2.45) is 0 Å². The first-order chi connectivity index (χ1) is 13.2. The molecule has 0 atom stereocenters. The van der Waals surface area contributed by atoms with Crippen LogP contribution in [-0.2, 0) is 9.53 Å². The van der Waals surface area contributed by atoms with Gasteiger partial charge in [0.05, 0.1) is 11.7 Å². The van der Waals surface area contributed by atoms with Gasteiger partial charge in [-0.25, -0.2) is 4.79 Å². The quantitative estimate of drug-likeness (QED) is 0.488. The lowest BCUT2D eigenvalue weighted by Crippen LogP contribution is -2.18. The molecule has 0 unspecified atom stereocenters. The topological polar surface area (TPSA) is 61.8 Å². The highest BCUT2D eigenvalue weighted by Crippen LogP contribution is 2.38. The highest BCUT2D eigenvalue weighted by Gasteiger charge is 2.30. The summed E-state index contributed by atoms with van der Waals surface area (Å²) in [6, 6.07) is 8.24. The van der Waals surface area contributed by atoms with Crippen molar-refractivity contribution in [2.75, 3.05) is 6.61 Å². The molecule has 3 rings (SSSR count). The number of halogens is 2. The minimum atomic E-state index is -0.469. The molecule has 1 heterocycles. The van der Waals surface area contributed by atoms with Crippen LogP contribution < -0.4 is 9.47 Å². The Morgan fingerprint density at radius 2 is 1.96 bits per heavy atom. The Kier molecular flexibility index (Phi) is 5.96. The third kappa shape index (κ3) is 4.49. The molecule has 0 fully saturated rings. The van der Waals surface area contributed by atoms with Gasteiger partial charge in [0.1, 0.15) is 11.5 Å². The molecular formula is C21H18Cl2O5. The van der Waals surface area contributed by atoms with E-state index in [1.54, 1.807) is 57.2 Å². The zero-order valence-electron chi connectivity index (χ0n) is 15.5. The van der Waals surface area contributed by atoms with Crippen molar-refractivity contribution in [1.82, 2.24) is 0 Å². The number of hydrogen-bond donors (Lipinski definition) is 0. The number of aryl methyl sites for hydroxylation is 1. The van der Waals surface area contributed by atoms with Gasteiger partial charge in [-0.3, -0.25) is 4.79 Å². The van der Waals surface area contributed by atoms with Crippen molar-refractivity contribution in [3.05, 3.63) is 62.8 Å². The Balaban J connectivity index is 1.82. The Morgan fingerprint density at radius 3 is 2.64 bits per heavy atom. The van der Waals surface area contributed by atoms with E-state index in [1.807, 2.05) is 0 Å². The molecule has 1 aliphatic rings. The number of esters is 1. The van der Waals surface area contributed by atoms with Crippen LogP contribution in [0.3, 0.4) is 0 Å². The summed E-state index contributed by atoms with van der Waals surface area (Å²) in [5.74, 6) is 0.218. The van der Waals surface area contributed by atoms with Crippen LogP contribution in [0.4, 0.5) is 0 Å². The maximum Gasteiger partial charge on any atom is 0.344 e. The number of fused-ring (bicyclic) bond motifs is 1. The van der Waals surface area contributed by atoms with Crippen LogP contribution in [0.25, 0.3) is 6.08 Å². The van der Waals surface area contributed by atoms with Gasteiger partial charge >= 0.3 is 5.97 Å². The summed E-state index contributed by atoms with van der Waals surface area (Å²) in [4.78, 5) is 24.4. The Morgan fingerprint density at radius 1 is 1.21 bits per heavy atom. The van der Waals surface area contributed by atoms with Crippen molar-refractivity contribution in [1.29, 1.82) is 0 Å². The molecule has 2 aromatic carbocycles. The summed E-state index contributed by atoms with van der Waals surface area (Å²) in [6.45, 7) is 5.07. The average molecular weight is 421 g/mol. The first-order valence-corrected chi connectivity index (χ1v) is 9.36. The molecule has 0 saturated heterocycles. The number of allylic oxidation sites excluding steroid dienone is 1. The average Bonchev–Trinajstić information content (AvgIpc) is 2.91. The van der Waals surface area contributed by atoms with Gasteiger partial charge in [0.15, 0.2) is 12.4 Å². The number of rotatable bonds is 5. The fourth-order valence-corrected chi connectivity index (χ4v) is 3.22. The zero-order valence-corrected chi connectivity index (χ0v) is 17.1. The molecule has 0 amide bonds. The molecule has 0 aliphatic carbocycles. The normalized spacial score (nSPS) is 14.2. The second-order valence-electron chi connectivity index (χ2n) is 6.55. The fraction of sp³-hybridized carbons (Fsp3) is 0.238. The van der Waals surface area contributed by atoms with Crippen molar-refractivity contribution >= 4 is 41.0 Å². The molecule has 0 radical (unpaired) electrons. The minimum absolute atomic E-state index is 0.152. The molecule has 146 valence electrons. The van der Waals surface area contributed by atoms with Crippen LogP contribution in [0.15, 0.2) is 36.1 Å². The summed E-state index contributed by atoms with van der Waals surface area (Å²) < 4.78 is 16.2. The second kappa shape index (κ2) is 8.25. The largest absolute Gasteiger partial charge is 0.482 e. The summed E-state index contributed by atoms with van der Waals surface area (Å²) in [6.07, 6.45) is 1.35. The molecule has 0 saturated carbocycles. The van der Waals surface area contributed by atoms with Gasteiger partial charge in [0, 0.05) is 16.1 Å². The predicted molar refractivity (Wildman–Crippen MR) is 107 cm³/mol. The Bertz CT molecular complexity index is 979. The number of carbonyl (C=O) groups excluding carboxylic acids is 2. The van der Waals surface area contributed by atoms with E-state index in [4.69, 9.17) is 37.4 Å². The van der Waals surface area contributed by atoms with Crippen molar-refractivity contribution in [3.63, 3.8) is 0 Å². The molecule has 0 N–H and O–H groups in total. The molecule has 7 heteroatoms. The lowest BCUT2D eigenvalue weighted by molar-refractivity contribution is -0.149. The Labute approximate surface area is 172 Å². The highest BCUT2D eigenvalue weighted by molar-refractivity contribution is 6.35. The third-order valence-corrected chi connectivity index (χ3v) is 4.48. The maximum atomic E-state index is 12.7. The standard InChI is InChI=1S/C21H18Cl2O5/c1-11(2)27-19(24)10-26-15-6-12(3)20-17(9-15)28-18(21(20)25)7-13-4-5-14(22)8-16(13)23/h4-9,11H,10H2,1-3H3/b18-7-. The van der Waals surface area contributed by atoms with Gasteiger partial charge in [-0.05, 0) is 56.2 Å². The molecular weight excluding hydrogens is 403 g/mol. The van der Waals surface area contributed by atoms with Crippen LogP contribution in [0.1, 0.15) is 35.3 Å². The number of carbonyl (C=O) groups is 2. The van der Waals surface area contributed by atoms with Gasteiger partial charge in [-0.1, -0.05) is 29.3 Å². The van der Waals surface area contributed by atoms with Crippen LogP contribution in [0, 0.1) is 6.92 Å². The van der Waals surface area contributed by atoms with E-state index in [0.717, 1.165) is 0 Å². The van der Waals surface area contributed by atoms with E-state index in [-0.39, 0.29) is 24.3 Å². The first kappa shape index (κ1) is 20.2. The molecule has 0 bridgehead atoms. The summed E-state index contributed by atoms with van der Waals surface area (Å²) in [7, 11) is 0. The molecule has 0 aromatic heterocycles. The van der Waals surface area contributed by atoms with Gasteiger partial charge < -0.3 is 14.2 Å². The molecule has 1 aliphatic heterocycles. The fourth-order valence-electron chi connectivity index (χ4n) is 2.76. The highest BCUT2D eigenvalue weighted by atomic mass is 35.5. The van der Waals surface area contributed by atoms with E-state index in [2.05, 4.69) is 0 Å². The number of ketones is 1. The molecule has 2 aromatic rings. The summed E-state index contributed by atoms with van der Waals surface area (Å²) in [5, 5.41) is 0.916. The van der Waals surface area contributed by atoms with Crippen LogP contribution in [0.2, 0.25) is 10.0 Å². The van der Waals surface area contributed by atoms with Crippen LogP contribution >= 0.6 is 23.2 Å². The van der Waals surface area contributed by atoms with E-state index in [0.29, 0.717) is 38.2 Å². The second-order valence-corrected chi connectivity index (χ2v) is 7.39. The molecule has 0 spiro atoms. The molecule has 5 nitrogen and oxygen atoms in total. The van der Waals surface area contributed by atoms with E-state index < -0.39 is 5.97 Å². The Hall–Kier alpha value is -2.50. The minimum Gasteiger partial charge on any atom is -0.482 e. The van der Waals surface area contributed by atoms with Crippen LogP contribution in [0.5, 0.6) is 11.5 Å². The molecule has 28 heavy (non-hydrogen) atoms. The first-order valence-electron chi connectivity index (χ1n) is 8.61. The van der Waals surface area contributed by atoms with Crippen molar-refractivity contribution in [2.45, 2.75) is 26.9 Å². The van der Waals surface area contributed by atoms with Gasteiger partial charge in [-0.2, -0.15) is 0 Å². The van der Waals surface area contributed by atoms with Crippen molar-refractivity contribution < 1.29 is 23.8 Å². The zero-order chi connectivity index (χ0) is 20.4. The lowest BCUT2D eigenvalue weighted by atomic mass is 10.0. The maximum absolute atomic E-state index is 12.7. The smallest absolute Gasteiger partial charge is 0.344 e. The van der Waals surface area contributed by atoms with Gasteiger partial charge in [0.25, 0.3) is 0 Å². The number of ether oxygens (including phenoxy) is 3. The van der Waals surface area contributed by atoms with Gasteiger partial charge in [0.2, 0.25) is 5.78 Å². The SMILES string of the molecule is Cc1cc(OCC(=O)OC(C)C)cc2c1C(=O)/C(=C/c1ccc(Cl)cc1Cl)O2. The summed E-state index contributed by atoms with van der Waals surface area (Å²) in [5.41, 5.74) is 1.75. The predicted octanol–water partition coefficient (Wildman–Crippen LogP) is 5.25. The lowest BCUT2D eigenvalue weighted by Gasteiger charge is -2.10. The number of Topliss-reactive ketones (excluding diaryl/α,β-unsaturated/α-hetero) is 1. The monoisotopic (exact) mass is 420 g/mol. The third-order valence-electron chi connectivity index (χ3n) is 3.92. The van der Waals surface area contributed by atoms with E-state index >= 15 is 0 Å². The number of hydrogen-bond acceptors (Lipinski definition) is 5. The van der Waals surface area contributed by atoms with Crippen LogP contribution in [-0.4, -0.2) is 24.5 Å². The van der Waals surface area contributed by atoms with E-state index in [1.165, 1.54) is 0 Å². The number of benzene rings is 2.